The van der Waals surface area contributed by atoms with Crippen molar-refractivity contribution in [1.82, 2.24) is 10.6 Å². The van der Waals surface area contributed by atoms with Crippen LogP contribution in [0.5, 0.6) is 0 Å². The van der Waals surface area contributed by atoms with Gasteiger partial charge in [-0.25, -0.2) is 4.79 Å². The zero-order valence-corrected chi connectivity index (χ0v) is 11.2. The van der Waals surface area contributed by atoms with Gasteiger partial charge in [0.1, 0.15) is 0 Å². The van der Waals surface area contributed by atoms with Gasteiger partial charge in [-0.1, -0.05) is 0 Å². The molecule has 0 saturated carbocycles. The lowest BCUT2D eigenvalue weighted by Crippen LogP contribution is -2.39. The second kappa shape index (κ2) is 11.5. The van der Waals surface area contributed by atoms with E-state index < -0.39 is 12.0 Å². The Morgan fingerprint density at radius 2 is 1.74 bits per heavy atom. The van der Waals surface area contributed by atoms with Crippen LogP contribution in [0.25, 0.3) is 0 Å². The predicted octanol–water partition coefficient (Wildman–Crippen LogP) is 0.884. The summed E-state index contributed by atoms with van der Waals surface area (Å²) in [7, 11) is 1.61. The zero-order valence-electron chi connectivity index (χ0n) is 11.2. The Bertz CT molecular complexity index is 294. The zero-order chi connectivity index (χ0) is 14.5. The summed E-state index contributed by atoms with van der Waals surface area (Å²) >= 11 is 0. The summed E-state index contributed by atoms with van der Waals surface area (Å²) in [5, 5.41) is 13.2. The van der Waals surface area contributed by atoms with Crippen molar-refractivity contribution in [3.8, 4) is 0 Å². The Hall–Kier alpha value is -1.63. The third-order valence-corrected chi connectivity index (χ3v) is 2.36. The van der Waals surface area contributed by atoms with E-state index in [2.05, 4.69) is 10.6 Å². The van der Waals surface area contributed by atoms with Gasteiger partial charge in [-0.05, 0) is 25.7 Å². The maximum Gasteiger partial charge on any atom is 0.321 e. The first kappa shape index (κ1) is 17.4. The number of carbonyl (C=O) groups excluding carboxylic acids is 2. The molecule has 0 fully saturated rings. The number of hydrogen-bond donors (Lipinski definition) is 3. The molecule has 3 amide bonds. The molecule has 0 aliphatic carbocycles. The second-order valence-electron chi connectivity index (χ2n) is 4.10. The molecular weight excluding hydrogens is 252 g/mol. The molecule has 110 valence electrons. The summed E-state index contributed by atoms with van der Waals surface area (Å²) in [6.45, 7) is 1.13. The monoisotopic (exact) mass is 274 g/mol. The van der Waals surface area contributed by atoms with Gasteiger partial charge < -0.3 is 15.2 Å². The normalized spacial score (nSPS) is 9.95. The number of amides is 3. The maximum absolute atomic E-state index is 11.3. The number of nitrogens with one attached hydrogen (secondary N) is 2. The van der Waals surface area contributed by atoms with E-state index in [4.69, 9.17) is 9.84 Å². The Morgan fingerprint density at radius 3 is 2.37 bits per heavy atom. The van der Waals surface area contributed by atoms with Gasteiger partial charge in [-0.3, -0.25) is 14.9 Å². The lowest BCUT2D eigenvalue weighted by Gasteiger charge is -2.06. The summed E-state index contributed by atoms with van der Waals surface area (Å²) in [4.78, 5) is 32.8. The van der Waals surface area contributed by atoms with Gasteiger partial charge >= 0.3 is 12.0 Å². The number of unbranched alkanes of at least 4 members (excludes halogenated alkanes) is 2. The Kier molecular flexibility index (Phi) is 10.5. The largest absolute Gasteiger partial charge is 0.481 e. The van der Waals surface area contributed by atoms with Gasteiger partial charge in [0.15, 0.2) is 0 Å². The first-order valence-electron chi connectivity index (χ1n) is 6.34. The summed E-state index contributed by atoms with van der Waals surface area (Å²) in [6, 6.07) is -0.513. The van der Waals surface area contributed by atoms with Crippen LogP contribution >= 0.6 is 0 Å². The Morgan fingerprint density at radius 1 is 1.05 bits per heavy atom. The average molecular weight is 274 g/mol. The molecule has 0 aromatic heterocycles. The number of methoxy groups -OCH3 is 1. The molecule has 7 heteroatoms. The van der Waals surface area contributed by atoms with Crippen molar-refractivity contribution in [3.05, 3.63) is 0 Å². The van der Waals surface area contributed by atoms with Crippen LogP contribution in [0, 0.1) is 0 Å². The first-order chi connectivity index (χ1) is 9.06. The maximum atomic E-state index is 11.3. The third-order valence-electron chi connectivity index (χ3n) is 2.36. The molecule has 0 heterocycles. The molecule has 0 aromatic rings. The minimum Gasteiger partial charge on any atom is -0.481 e. The standard InChI is InChI=1S/C12H22N2O5/c1-19-9-5-4-8-13-12(18)14-10(15)6-2-3-7-11(16)17/h2-9H2,1H3,(H,16,17)(H2,13,14,15,18). The van der Waals surface area contributed by atoms with Crippen molar-refractivity contribution < 1.29 is 24.2 Å². The highest BCUT2D eigenvalue weighted by molar-refractivity contribution is 5.94. The van der Waals surface area contributed by atoms with E-state index in [1.165, 1.54) is 0 Å². The van der Waals surface area contributed by atoms with Crippen molar-refractivity contribution in [2.24, 2.45) is 0 Å². The lowest BCUT2D eigenvalue weighted by molar-refractivity contribution is -0.137. The van der Waals surface area contributed by atoms with Crippen LogP contribution in [-0.2, 0) is 14.3 Å². The molecule has 7 nitrogen and oxygen atoms in total. The van der Waals surface area contributed by atoms with E-state index in [-0.39, 0.29) is 18.7 Å². The number of urea groups is 1. The molecule has 0 radical (unpaired) electrons. The number of carboxylic acid groups (broad SMARTS) is 1. The van der Waals surface area contributed by atoms with Crippen molar-refractivity contribution in [2.75, 3.05) is 20.3 Å². The molecule has 0 aromatic carbocycles. The highest BCUT2D eigenvalue weighted by Gasteiger charge is 2.07. The molecule has 19 heavy (non-hydrogen) atoms. The minimum atomic E-state index is -0.880. The Balaban J connectivity index is 3.47. The van der Waals surface area contributed by atoms with Crippen molar-refractivity contribution in [2.45, 2.75) is 38.5 Å². The fourth-order valence-corrected chi connectivity index (χ4v) is 1.37. The van der Waals surface area contributed by atoms with Crippen LogP contribution in [0.15, 0.2) is 0 Å². The van der Waals surface area contributed by atoms with Crippen LogP contribution in [-0.4, -0.2) is 43.3 Å². The molecule has 0 bridgehead atoms. The molecule has 0 rings (SSSR count). The summed E-state index contributed by atoms with van der Waals surface area (Å²) < 4.78 is 4.86. The molecule has 0 spiro atoms. The number of ether oxygens (including phenoxy) is 1. The number of carbonyl (C=O) groups is 3. The Labute approximate surface area is 112 Å². The fraction of sp³-hybridized carbons (Fsp3) is 0.750. The number of carboxylic acids is 1. The van der Waals surface area contributed by atoms with Crippen molar-refractivity contribution >= 4 is 17.9 Å². The van der Waals surface area contributed by atoms with Gasteiger partial charge in [-0.2, -0.15) is 0 Å². The van der Waals surface area contributed by atoms with Crippen LogP contribution < -0.4 is 10.6 Å². The van der Waals surface area contributed by atoms with Crippen molar-refractivity contribution in [3.63, 3.8) is 0 Å². The summed E-state index contributed by atoms with van der Waals surface area (Å²) in [5.74, 6) is -1.27. The highest BCUT2D eigenvalue weighted by atomic mass is 16.5. The van der Waals surface area contributed by atoms with E-state index in [0.717, 1.165) is 12.8 Å². The van der Waals surface area contributed by atoms with Crippen LogP contribution in [0.1, 0.15) is 38.5 Å². The third kappa shape index (κ3) is 12.6. The van der Waals surface area contributed by atoms with Gasteiger partial charge in [0.05, 0.1) is 0 Å². The molecule has 0 aliphatic heterocycles. The number of hydrogen-bond acceptors (Lipinski definition) is 4. The number of imide groups is 1. The van der Waals surface area contributed by atoms with E-state index in [9.17, 15) is 14.4 Å². The molecule has 3 N–H and O–H groups in total. The molecule has 0 unspecified atom stereocenters. The highest BCUT2D eigenvalue weighted by Crippen LogP contribution is 1.99. The van der Waals surface area contributed by atoms with E-state index in [1.54, 1.807) is 7.11 Å². The number of rotatable bonds is 10. The van der Waals surface area contributed by atoms with E-state index >= 15 is 0 Å². The van der Waals surface area contributed by atoms with Crippen LogP contribution in [0.3, 0.4) is 0 Å². The quantitative estimate of drug-likeness (QED) is 0.513. The van der Waals surface area contributed by atoms with E-state index in [0.29, 0.717) is 26.0 Å². The minimum absolute atomic E-state index is 0.0407. The van der Waals surface area contributed by atoms with Gasteiger partial charge in [0.25, 0.3) is 0 Å². The fourth-order valence-electron chi connectivity index (χ4n) is 1.37. The van der Waals surface area contributed by atoms with E-state index in [1.807, 2.05) is 0 Å². The lowest BCUT2D eigenvalue weighted by atomic mass is 10.2. The SMILES string of the molecule is COCCCCNC(=O)NC(=O)CCCCC(=O)O. The van der Waals surface area contributed by atoms with Crippen LogP contribution in [0.4, 0.5) is 4.79 Å². The predicted molar refractivity (Wildman–Crippen MR) is 68.8 cm³/mol. The van der Waals surface area contributed by atoms with Gasteiger partial charge in [0.2, 0.25) is 5.91 Å². The molecular formula is C12H22N2O5. The number of aliphatic carboxylic acids is 1. The molecule has 0 aliphatic rings. The second-order valence-corrected chi connectivity index (χ2v) is 4.10. The first-order valence-corrected chi connectivity index (χ1v) is 6.34. The summed E-state index contributed by atoms with van der Waals surface area (Å²) in [6.07, 6.45) is 2.72. The average Bonchev–Trinajstić information content (AvgIpc) is 2.34. The van der Waals surface area contributed by atoms with Crippen molar-refractivity contribution in [1.29, 1.82) is 0 Å². The smallest absolute Gasteiger partial charge is 0.321 e. The molecule has 0 saturated heterocycles. The molecule has 0 atom stereocenters. The summed E-state index contributed by atoms with van der Waals surface area (Å²) in [5.41, 5.74) is 0. The van der Waals surface area contributed by atoms with Gasteiger partial charge in [-0.15, -0.1) is 0 Å². The van der Waals surface area contributed by atoms with Crippen LogP contribution in [0.2, 0.25) is 0 Å². The topological polar surface area (TPSA) is 105 Å². The van der Waals surface area contributed by atoms with Gasteiger partial charge in [0, 0.05) is 33.1 Å².